The molecule has 0 heterocycles. The number of hydrogen-bond donors (Lipinski definition) is 0. The lowest BCUT2D eigenvalue weighted by molar-refractivity contribution is 0.313. The SMILES string of the molecule is CCC(C)c1ccccc1OCCCS(=O)(=O)Cl. The van der Waals surface area contributed by atoms with Crippen molar-refractivity contribution in [3.05, 3.63) is 29.8 Å². The summed E-state index contributed by atoms with van der Waals surface area (Å²) in [5, 5.41) is 0. The van der Waals surface area contributed by atoms with Crippen LogP contribution in [0.1, 0.15) is 38.2 Å². The summed E-state index contributed by atoms with van der Waals surface area (Å²) in [5.74, 6) is 1.21. The summed E-state index contributed by atoms with van der Waals surface area (Å²) in [6.07, 6.45) is 1.44. The first-order valence-electron chi connectivity index (χ1n) is 6.08. The maximum Gasteiger partial charge on any atom is 0.232 e. The van der Waals surface area contributed by atoms with Gasteiger partial charge in [-0.15, -0.1) is 0 Å². The maximum absolute atomic E-state index is 10.8. The number of rotatable bonds is 7. The molecule has 0 radical (unpaired) electrons. The predicted octanol–water partition coefficient (Wildman–Crippen LogP) is 3.54. The molecule has 0 aliphatic carbocycles. The molecule has 5 heteroatoms. The van der Waals surface area contributed by atoms with Crippen molar-refractivity contribution in [2.24, 2.45) is 0 Å². The van der Waals surface area contributed by atoms with Crippen LogP contribution >= 0.6 is 10.7 Å². The van der Waals surface area contributed by atoms with E-state index < -0.39 is 9.05 Å². The zero-order chi connectivity index (χ0) is 13.6. The Bertz CT molecular complexity index is 471. The van der Waals surface area contributed by atoms with Gasteiger partial charge in [0.05, 0.1) is 12.4 Å². The topological polar surface area (TPSA) is 43.4 Å². The molecule has 1 atom stereocenters. The summed E-state index contributed by atoms with van der Waals surface area (Å²) >= 11 is 0. The van der Waals surface area contributed by atoms with Gasteiger partial charge in [-0.05, 0) is 30.4 Å². The predicted molar refractivity (Wildman–Crippen MR) is 74.9 cm³/mol. The maximum atomic E-state index is 10.8. The first kappa shape index (κ1) is 15.3. The average Bonchev–Trinajstić information content (AvgIpc) is 2.33. The minimum absolute atomic E-state index is 0.0555. The smallest absolute Gasteiger partial charge is 0.232 e. The summed E-state index contributed by atoms with van der Waals surface area (Å²) in [7, 11) is 1.72. The van der Waals surface area contributed by atoms with E-state index in [0.717, 1.165) is 17.7 Å². The molecule has 0 aromatic heterocycles. The van der Waals surface area contributed by atoms with Gasteiger partial charge in [-0.25, -0.2) is 8.42 Å². The van der Waals surface area contributed by atoms with Gasteiger partial charge in [0.25, 0.3) is 0 Å². The molecule has 102 valence electrons. The highest BCUT2D eigenvalue weighted by Gasteiger charge is 2.10. The Kier molecular flexibility index (Phi) is 5.96. The fourth-order valence-electron chi connectivity index (χ4n) is 1.65. The Morgan fingerprint density at radius 3 is 2.61 bits per heavy atom. The molecule has 0 bridgehead atoms. The fraction of sp³-hybridized carbons (Fsp3) is 0.538. The summed E-state index contributed by atoms with van der Waals surface area (Å²) in [6, 6.07) is 7.86. The summed E-state index contributed by atoms with van der Waals surface area (Å²) < 4.78 is 27.2. The van der Waals surface area contributed by atoms with Crippen molar-refractivity contribution >= 4 is 19.7 Å². The Labute approximate surface area is 114 Å². The van der Waals surface area contributed by atoms with E-state index in [1.165, 1.54) is 0 Å². The van der Waals surface area contributed by atoms with Crippen molar-refractivity contribution in [1.82, 2.24) is 0 Å². The van der Waals surface area contributed by atoms with E-state index in [0.29, 0.717) is 18.9 Å². The second kappa shape index (κ2) is 7.00. The van der Waals surface area contributed by atoms with Crippen LogP contribution in [-0.4, -0.2) is 20.8 Å². The van der Waals surface area contributed by atoms with Gasteiger partial charge in [0.15, 0.2) is 0 Å². The molecule has 1 aromatic carbocycles. The molecule has 1 rings (SSSR count). The first-order chi connectivity index (χ1) is 8.44. The fourth-order valence-corrected chi connectivity index (χ4v) is 2.44. The highest BCUT2D eigenvalue weighted by atomic mass is 35.7. The Hall–Kier alpha value is -0.740. The summed E-state index contributed by atoms with van der Waals surface area (Å²) in [6.45, 7) is 4.63. The lowest BCUT2D eigenvalue weighted by Gasteiger charge is -2.15. The standard InChI is InChI=1S/C13H19ClO3S/c1-3-11(2)12-7-4-5-8-13(12)17-9-6-10-18(14,15)16/h4-5,7-8,11H,3,6,9-10H2,1-2H3. The molecule has 1 aromatic rings. The van der Waals surface area contributed by atoms with Crippen LogP contribution in [0.2, 0.25) is 0 Å². The molecule has 0 aliphatic rings. The van der Waals surface area contributed by atoms with E-state index in [1.54, 1.807) is 0 Å². The van der Waals surface area contributed by atoms with Crippen molar-refractivity contribution in [2.75, 3.05) is 12.4 Å². The van der Waals surface area contributed by atoms with Crippen LogP contribution in [0.15, 0.2) is 24.3 Å². The summed E-state index contributed by atoms with van der Waals surface area (Å²) in [4.78, 5) is 0. The number of benzene rings is 1. The van der Waals surface area contributed by atoms with Crippen LogP contribution < -0.4 is 4.74 Å². The van der Waals surface area contributed by atoms with Crippen LogP contribution in [0.3, 0.4) is 0 Å². The minimum Gasteiger partial charge on any atom is -0.493 e. The van der Waals surface area contributed by atoms with Gasteiger partial charge < -0.3 is 4.74 Å². The van der Waals surface area contributed by atoms with Crippen molar-refractivity contribution in [3.63, 3.8) is 0 Å². The lowest BCUT2D eigenvalue weighted by atomic mass is 9.98. The van der Waals surface area contributed by atoms with Gasteiger partial charge in [-0.3, -0.25) is 0 Å². The van der Waals surface area contributed by atoms with Gasteiger partial charge >= 0.3 is 0 Å². The third kappa shape index (κ3) is 5.27. The Morgan fingerprint density at radius 2 is 2.00 bits per heavy atom. The molecular formula is C13H19ClO3S. The van der Waals surface area contributed by atoms with E-state index in [1.807, 2.05) is 24.3 Å². The van der Waals surface area contributed by atoms with Crippen molar-refractivity contribution < 1.29 is 13.2 Å². The largest absolute Gasteiger partial charge is 0.493 e. The number of hydrogen-bond acceptors (Lipinski definition) is 3. The molecule has 3 nitrogen and oxygen atoms in total. The van der Waals surface area contributed by atoms with Crippen LogP contribution in [0.25, 0.3) is 0 Å². The second-order valence-electron chi connectivity index (χ2n) is 4.29. The highest BCUT2D eigenvalue weighted by molar-refractivity contribution is 8.13. The number of halogens is 1. The van der Waals surface area contributed by atoms with Gasteiger partial charge in [-0.1, -0.05) is 32.0 Å². The zero-order valence-corrected chi connectivity index (χ0v) is 12.3. The van der Waals surface area contributed by atoms with Crippen LogP contribution in [-0.2, 0) is 9.05 Å². The molecular weight excluding hydrogens is 272 g/mol. The van der Waals surface area contributed by atoms with E-state index in [2.05, 4.69) is 13.8 Å². The van der Waals surface area contributed by atoms with E-state index in [-0.39, 0.29) is 5.75 Å². The third-order valence-corrected chi connectivity index (χ3v) is 4.09. The van der Waals surface area contributed by atoms with E-state index in [9.17, 15) is 8.42 Å². The van der Waals surface area contributed by atoms with Gasteiger partial charge in [0.1, 0.15) is 5.75 Å². The lowest BCUT2D eigenvalue weighted by Crippen LogP contribution is -2.06. The number of para-hydroxylation sites is 1. The molecule has 0 amide bonds. The van der Waals surface area contributed by atoms with Crippen molar-refractivity contribution in [3.8, 4) is 5.75 Å². The molecule has 18 heavy (non-hydrogen) atoms. The quantitative estimate of drug-likeness (QED) is 0.570. The van der Waals surface area contributed by atoms with Gasteiger partial charge in [0.2, 0.25) is 9.05 Å². The van der Waals surface area contributed by atoms with Crippen molar-refractivity contribution in [1.29, 1.82) is 0 Å². The molecule has 0 spiro atoms. The van der Waals surface area contributed by atoms with E-state index >= 15 is 0 Å². The molecule has 0 saturated carbocycles. The minimum atomic E-state index is -3.42. The molecule has 1 unspecified atom stereocenters. The monoisotopic (exact) mass is 290 g/mol. The Balaban J connectivity index is 2.57. The van der Waals surface area contributed by atoms with Crippen LogP contribution in [0.5, 0.6) is 5.75 Å². The van der Waals surface area contributed by atoms with Crippen molar-refractivity contribution in [2.45, 2.75) is 32.6 Å². The van der Waals surface area contributed by atoms with Gasteiger partial charge in [0, 0.05) is 10.7 Å². The molecule has 0 N–H and O–H groups in total. The van der Waals surface area contributed by atoms with E-state index in [4.69, 9.17) is 15.4 Å². The van der Waals surface area contributed by atoms with Gasteiger partial charge in [-0.2, -0.15) is 0 Å². The molecule has 0 aliphatic heterocycles. The highest BCUT2D eigenvalue weighted by Crippen LogP contribution is 2.28. The second-order valence-corrected chi connectivity index (χ2v) is 7.19. The molecule has 0 saturated heterocycles. The number of ether oxygens (including phenoxy) is 1. The average molecular weight is 291 g/mol. The first-order valence-corrected chi connectivity index (χ1v) is 8.56. The third-order valence-electron chi connectivity index (χ3n) is 2.85. The zero-order valence-electron chi connectivity index (χ0n) is 10.7. The normalized spacial score (nSPS) is 13.3. The summed E-state index contributed by atoms with van der Waals surface area (Å²) in [5.41, 5.74) is 1.16. The molecule has 0 fully saturated rings. The van der Waals surface area contributed by atoms with Crippen LogP contribution in [0, 0.1) is 0 Å². The van der Waals surface area contributed by atoms with Crippen LogP contribution in [0.4, 0.5) is 0 Å². The Morgan fingerprint density at radius 1 is 1.33 bits per heavy atom.